The van der Waals surface area contributed by atoms with E-state index in [1.807, 2.05) is 6.92 Å². The lowest BCUT2D eigenvalue weighted by atomic mass is 10.2. The summed E-state index contributed by atoms with van der Waals surface area (Å²) in [5, 5.41) is 9.01. The fourth-order valence-corrected chi connectivity index (χ4v) is 1.83. The molecule has 1 N–H and O–H groups in total. The molecule has 0 amide bonds. The van der Waals surface area contributed by atoms with E-state index in [1.54, 1.807) is 12.1 Å². The molecule has 0 aliphatic rings. The third kappa shape index (κ3) is 2.08. The van der Waals surface area contributed by atoms with Crippen LogP contribution in [-0.4, -0.2) is 19.0 Å². The van der Waals surface area contributed by atoms with E-state index in [9.17, 15) is 8.42 Å². The summed E-state index contributed by atoms with van der Waals surface area (Å²) in [6.07, 6.45) is 0. The lowest BCUT2D eigenvalue weighted by Gasteiger charge is -2.06. The summed E-state index contributed by atoms with van der Waals surface area (Å²) >= 11 is 0. The van der Waals surface area contributed by atoms with Gasteiger partial charge in [-0.15, -0.1) is 0 Å². The SMILES string of the molecule is Cc1ccc(S(=O)(=O)C(C)O)cc1. The Bertz CT molecular complexity index is 376. The first-order valence-electron chi connectivity index (χ1n) is 3.93. The predicted octanol–water partition coefficient (Wildman–Crippen LogP) is 1.11. The molecule has 0 fully saturated rings. The van der Waals surface area contributed by atoms with Crippen molar-refractivity contribution in [1.29, 1.82) is 0 Å². The number of hydrogen-bond donors (Lipinski definition) is 1. The van der Waals surface area contributed by atoms with Crippen LogP contribution in [0.3, 0.4) is 0 Å². The molecule has 0 aromatic heterocycles. The lowest BCUT2D eigenvalue weighted by molar-refractivity contribution is 0.268. The molecule has 0 radical (unpaired) electrons. The highest BCUT2D eigenvalue weighted by Gasteiger charge is 2.19. The van der Waals surface area contributed by atoms with E-state index in [1.165, 1.54) is 19.1 Å². The summed E-state index contributed by atoms with van der Waals surface area (Å²) in [4.78, 5) is 0.160. The van der Waals surface area contributed by atoms with Crippen LogP contribution in [-0.2, 0) is 9.84 Å². The van der Waals surface area contributed by atoms with E-state index in [0.29, 0.717) is 0 Å². The topological polar surface area (TPSA) is 54.4 Å². The van der Waals surface area contributed by atoms with Gasteiger partial charge >= 0.3 is 0 Å². The van der Waals surface area contributed by atoms with Crippen LogP contribution in [0, 0.1) is 6.92 Å². The van der Waals surface area contributed by atoms with Gasteiger partial charge in [-0.05, 0) is 26.0 Å². The summed E-state index contributed by atoms with van der Waals surface area (Å²) < 4.78 is 22.8. The lowest BCUT2D eigenvalue weighted by Crippen LogP contribution is -2.16. The van der Waals surface area contributed by atoms with Crippen molar-refractivity contribution in [1.82, 2.24) is 0 Å². The van der Waals surface area contributed by atoms with Crippen molar-refractivity contribution in [3.05, 3.63) is 29.8 Å². The summed E-state index contributed by atoms with van der Waals surface area (Å²) in [6, 6.07) is 6.40. The number of hydrogen-bond acceptors (Lipinski definition) is 3. The molecule has 3 nitrogen and oxygen atoms in total. The Morgan fingerprint density at radius 2 is 1.69 bits per heavy atom. The Morgan fingerprint density at radius 1 is 1.23 bits per heavy atom. The normalized spacial score (nSPS) is 14.1. The first-order chi connectivity index (χ1) is 5.94. The van der Waals surface area contributed by atoms with Crippen molar-refractivity contribution >= 4 is 9.84 Å². The zero-order valence-corrected chi connectivity index (χ0v) is 8.38. The average Bonchev–Trinajstić information content (AvgIpc) is 2.04. The minimum absolute atomic E-state index is 0.160. The Morgan fingerprint density at radius 3 is 2.08 bits per heavy atom. The number of aliphatic hydroxyl groups is 1. The third-order valence-corrected chi connectivity index (χ3v) is 3.63. The van der Waals surface area contributed by atoms with Crippen LogP contribution in [0.4, 0.5) is 0 Å². The van der Waals surface area contributed by atoms with Crippen molar-refractivity contribution < 1.29 is 13.5 Å². The molecule has 4 heteroatoms. The zero-order chi connectivity index (χ0) is 10.1. The molecule has 72 valence electrons. The molecule has 0 aliphatic heterocycles. The number of aryl methyl sites for hydroxylation is 1. The van der Waals surface area contributed by atoms with Crippen molar-refractivity contribution in [3.8, 4) is 0 Å². The molecule has 0 aliphatic carbocycles. The van der Waals surface area contributed by atoms with Crippen LogP contribution in [0.15, 0.2) is 29.2 Å². The van der Waals surface area contributed by atoms with E-state index >= 15 is 0 Å². The van der Waals surface area contributed by atoms with Gasteiger partial charge in [0.15, 0.2) is 5.44 Å². The molecule has 0 spiro atoms. The van der Waals surface area contributed by atoms with Gasteiger partial charge in [0.2, 0.25) is 9.84 Å². The third-order valence-electron chi connectivity index (χ3n) is 1.80. The molecule has 1 unspecified atom stereocenters. The molecule has 1 aromatic carbocycles. The molecule has 0 saturated carbocycles. The summed E-state index contributed by atoms with van der Waals surface area (Å²) in [5.74, 6) is 0. The molecule has 0 saturated heterocycles. The fourth-order valence-electron chi connectivity index (χ4n) is 0.925. The number of benzene rings is 1. The first-order valence-corrected chi connectivity index (χ1v) is 5.48. The number of sulfone groups is 1. The van der Waals surface area contributed by atoms with Crippen LogP contribution in [0.5, 0.6) is 0 Å². The van der Waals surface area contributed by atoms with Crippen molar-refractivity contribution in [3.63, 3.8) is 0 Å². The zero-order valence-electron chi connectivity index (χ0n) is 7.56. The average molecular weight is 200 g/mol. The van der Waals surface area contributed by atoms with Gasteiger partial charge in [0.1, 0.15) is 0 Å². The predicted molar refractivity (Wildman–Crippen MR) is 50.0 cm³/mol. The van der Waals surface area contributed by atoms with E-state index in [2.05, 4.69) is 0 Å². The van der Waals surface area contributed by atoms with Gasteiger partial charge in [0.05, 0.1) is 4.90 Å². The quantitative estimate of drug-likeness (QED) is 0.778. The highest BCUT2D eigenvalue weighted by atomic mass is 32.2. The van der Waals surface area contributed by atoms with E-state index in [-0.39, 0.29) is 4.90 Å². The highest BCUT2D eigenvalue weighted by Crippen LogP contribution is 2.14. The monoisotopic (exact) mass is 200 g/mol. The smallest absolute Gasteiger partial charge is 0.204 e. The Kier molecular flexibility index (Phi) is 2.73. The van der Waals surface area contributed by atoms with Gasteiger partial charge in [-0.3, -0.25) is 0 Å². The first kappa shape index (κ1) is 10.2. The molecule has 1 atom stereocenters. The largest absolute Gasteiger partial charge is 0.377 e. The summed E-state index contributed by atoms with van der Waals surface area (Å²) in [6.45, 7) is 3.12. The Balaban J connectivity index is 3.17. The molecule has 13 heavy (non-hydrogen) atoms. The number of aliphatic hydroxyl groups excluding tert-OH is 1. The van der Waals surface area contributed by atoms with Gasteiger partial charge in [0, 0.05) is 0 Å². The molecule has 0 heterocycles. The van der Waals surface area contributed by atoms with Gasteiger partial charge in [-0.25, -0.2) is 8.42 Å². The van der Waals surface area contributed by atoms with Gasteiger partial charge < -0.3 is 5.11 Å². The van der Waals surface area contributed by atoms with E-state index < -0.39 is 15.3 Å². The second kappa shape index (κ2) is 3.47. The fraction of sp³-hybridized carbons (Fsp3) is 0.333. The molecule has 1 aromatic rings. The molecule has 1 rings (SSSR count). The van der Waals surface area contributed by atoms with Crippen LogP contribution < -0.4 is 0 Å². The van der Waals surface area contributed by atoms with Gasteiger partial charge in [0.25, 0.3) is 0 Å². The van der Waals surface area contributed by atoms with Crippen molar-refractivity contribution in [2.45, 2.75) is 24.2 Å². The molecular weight excluding hydrogens is 188 g/mol. The van der Waals surface area contributed by atoms with Crippen LogP contribution in [0.2, 0.25) is 0 Å². The maximum Gasteiger partial charge on any atom is 0.204 e. The molecule has 0 bridgehead atoms. The Labute approximate surface area is 77.9 Å². The highest BCUT2D eigenvalue weighted by molar-refractivity contribution is 7.91. The Hall–Kier alpha value is -0.870. The van der Waals surface area contributed by atoms with Crippen LogP contribution in [0.25, 0.3) is 0 Å². The van der Waals surface area contributed by atoms with Crippen molar-refractivity contribution in [2.75, 3.05) is 0 Å². The standard InChI is InChI=1S/C9H12O3S/c1-7-3-5-9(6-4-7)13(11,12)8(2)10/h3-6,8,10H,1-2H3. The maximum absolute atomic E-state index is 11.4. The maximum atomic E-state index is 11.4. The van der Waals surface area contributed by atoms with Crippen LogP contribution >= 0.6 is 0 Å². The minimum Gasteiger partial charge on any atom is -0.377 e. The molecular formula is C9H12O3S. The van der Waals surface area contributed by atoms with E-state index in [0.717, 1.165) is 5.56 Å². The second-order valence-corrected chi connectivity index (χ2v) is 5.20. The summed E-state index contributed by atoms with van der Waals surface area (Å²) in [7, 11) is -3.54. The summed E-state index contributed by atoms with van der Waals surface area (Å²) in [5.41, 5.74) is -0.361. The number of rotatable bonds is 2. The van der Waals surface area contributed by atoms with E-state index in [4.69, 9.17) is 5.11 Å². The second-order valence-electron chi connectivity index (χ2n) is 2.96. The van der Waals surface area contributed by atoms with Crippen molar-refractivity contribution in [2.24, 2.45) is 0 Å². The van der Waals surface area contributed by atoms with Gasteiger partial charge in [-0.1, -0.05) is 17.7 Å². The minimum atomic E-state index is -3.54. The van der Waals surface area contributed by atoms with Gasteiger partial charge in [-0.2, -0.15) is 0 Å². The van der Waals surface area contributed by atoms with Crippen LogP contribution in [0.1, 0.15) is 12.5 Å².